The molecule has 140 valence electrons. The van der Waals surface area contributed by atoms with Crippen LogP contribution in [0, 0.1) is 23.2 Å². The summed E-state index contributed by atoms with van der Waals surface area (Å²) in [5.74, 6) is 2.87. The molecule has 5 aliphatic rings. The summed E-state index contributed by atoms with van der Waals surface area (Å²) in [5, 5.41) is 6.34. The van der Waals surface area contributed by atoms with E-state index in [4.69, 9.17) is 0 Å². The Labute approximate surface area is 151 Å². The minimum absolute atomic E-state index is 0.0564. The third kappa shape index (κ3) is 3.88. The van der Waals surface area contributed by atoms with E-state index < -0.39 is 0 Å². The highest BCUT2D eigenvalue weighted by Gasteiger charge is 2.54. The van der Waals surface area contributed by atoms with Crippen molar-refractivity contribution < 1.29 is 9.59 Å². The first kappa shape index (κ1) is 17.4. The van der Waals surface area contributed by atoms with Gasteiger partial charge in [0, 0.05) is 24.4 Å². The topological polar surface area (TPSA) is 58.2 Å². The van der Waals surface area contributed by atoms with Crippen molar-refractivity contribution in [3.8, 4) is 0 Å². The standard InChI is InChI=1S/C21H34N2O2/c24-19(23-18-5-2-1-3-6-18)7-4-8-22-20(25)21-12-15-9-16(13-21)11-17(10-15)14-21/h15-18H,1-14H2,(H,22,25)(H,23,24). The Hall–Kier alpha value is -1.06. The lowest BCUT2D eigenvalue weighted by Gasteiger charge is -2.55. The Kier molecular flexibility index (Phi) is 5.06. The summed E-state index contributed by atoms with van der Waals surface area (Å²) in [4.78, 5) is 24.9. The molecule has 0 aromatic rings. The van der Waals surface area contributed by atoms with E-state index in [-0.39, 0.29) is 11.3 Å². The number of rotatable bonds is 6. The number of amides is 2. The van der Waals surface area contributed by atoms with Crippen LogP contribution < -0.4 is 10.6 Å². The molecule has 4 nitrogen and oxygen atoms in total. The van der Waals surface area contributed by atoms with E-state index in [0.29, 0.717) is 24.9 Å². The van der Waals surface area contributed by atoms with Crippen LogP contribution in [0.4, 0.5) is 0 Å². The van der Waals surface area contributed by atoms with Gasteiger partial charge in [-0.1, -0.05) is 19.3 Å². The highest BCUT2D eigenvalue weighted by atomic mass is 16.2. The van der Waals surface area contributed by atoms with Crippen LogP contribution in [-0.4, -0.2) is 24.4 Å². The van der Waals surface area contributed by atoms with Crippen LogP contribution in [0.15, 0.2) is 0 Å². The molecule has 25 heavy (non-hydrogen) atoms. The van der Waals surface area contributed by atoms with Gasteiger partial charge in [0.2, 0.25) is 11.8 Å². The molecule has 0 atom stereocenters. The summed E-state index contributed by atoms with van der Waals surface area (Å²) in [6.07, 6.45) is 14.8. The Balaban J connectivity index is 1.17. The first-order valence-corrected chi connectivity index (χ1v) is 10.7. The third-order valence-electron chi connectivity index (χ3n) is 7.36. The Morgan fingerprint density at radius 1 is 0.880 bits per heavy atom. The first-order chi connectivity index (χ1) is 12.1. The number of nitrogens with one attached hydrogen (secondary N) is 2. The average Bonchev–Trinajstić information content (AvgIpc) is 2.58. The lowest BCUT2D eigenvalue weighted by atomic mass is 9.49. The average molecular weight is 347 g/mol. The van der Waals surface area contributed by atoms with Crippen LogP contribution in [-0.2, 0) is 9.59 Å². The van der Waals surface area contributed by atoms with Crippen molar-refractivity contribution in [1.29, 1.82) is 0 Å². The number of hydrogen-bond donors (Lipinski definition) is 2. The van der Waals surface area contributed by atoms with Gasteiger partial charge in [-0.15, -0.1) is 0 Å². The van der Waals surface area contributed by atoms with Gasteiger partial charge >= 0.3 is 0 Å². The second kappa shape index (κ2) is 7.28. The van der Waals surface area contributed by atoms with Gasteiger partial charge in [-0.25, -0.2) is 0 Å². The summed E-state index contributed by atoms with van der Waals surface area (Å²) >= 11 is 0. The normalized spacial score (nSPS) is 37.0. The molecular weight excluding hydrogens is 312 g/mol. The van der Waals surface area contributed by atoms with Gasteiger partial charge in [-0.3, -0.25) is 9.59 Å². The number of carbonyl (C=O) groups excluding carboxylic acids is 2. The molecule has 2 amide bonds. The molecule has 5 fully saturated rings. The van der Waals surface area contributed by atoms with Gasteiger partial charge in [0.25, 0.3) is 0 Å². The lowest BCUT2D eigenvalue weighted by molar-refractivity contribution is -0.146. The molecule has 4 heteroatoms. The number of carbonyl (C=O) groups is 2. The van der Waals surface area contributed by atoms with Gasteiger partial charge in [-0.2, -0.15) is 0 Å². The van der Waals surface area contributed by atoms with E-state index in [1.807, 2.05) is 0 Å². The Morgan fingerprint density at radius 3 is 2.08 bits per heavy atom. The molecule has 5 aliphatic carbocycles. The molecule has 0 aromatic heterocycles. The fourth-order valence-electron chi connectivity index (χ4n) is 6.57. The van der Waals surface area contributed by atoms with Crippen molar-refractivity contribution in [2.45, 2.75) is 89.5 Å². The highest BCUT2D eigenvalue weighted by molar-refractivity contribution is 5.83. The summed E-state index contributed by atoms with van der Waals surface area (Å²) < 4.78 is 0. The molecule has 0 aliphatic heterocycles. The van der Waals surface area contributed by atoms with E-state index >= 15 is 0 Å². The zero-order chi connectivity index (χ0) is 17.3. The van der Waals surface area contributed by atoms with Crippen LogP contribution in [0.5, 0.6) is 0 Å². The first-order valence-electron chi connectivity index (χ1n) is 10.7. The van der Waals surface area contributed by atoms with Crippen LogP contribution >= 0.6 is 0 Å². The number of hydrogen-bond acceptors (Lipinski definition) is 2. The molecule has 0 saturated heterocycles. The van der Waals surface area contributed by atoms with E-state index in [1.165, 1.54) is 38.5 Å². The molecule has 0 unspecified atom stereocenters. The maximum absolute atomic E-state index is 12.8. The maximum atomic E-state index is 12.8. The predicted octanol–water partition coefficient (Wildman–Crippen LogP) is 3.55. The minimum Gasteiger partial charge on any atom is -0.356 e. The van der Waals surface area contributed by atoms with Crippen molar-refractivity contribution >= 4 is 11.8 Å². The van der Waals surface area contributed by atoms with Gasteiger partial charge in [0.15, 0.2) is 0 Å². The van der Waals surface area contributed by atoms with E-state index in [0.717, 1.165) is 56.3 Å². The van der Waals surface area contributed by atoms with Gasteiger partial charge in [0.1, 0.15) is 0 Å². The van der Waals surface area contributed by atoms with Gasteiger partial charge in [0.05, 0.1) is 0 Å². The monoisotopic (exact) mass is 346 g/mol. The SMILES string of the molecule is O=C(CCCNC(=O)C12CC3CC(CC(C3)C1)C2)NC1CCCCC1. The predicted molar refractivity (Wildman–Crippen MR) is 97.9 cm³/mol. The second-order valence-electron chi connectivity index (χ2n) is 9.46. The van der Waals surface area contributed by atoms with Crippen molar-refractivity contribution in [3.05, 3.63) is 0 Å². The molecule has 2 N–H and O–H groups in total. The summed E-state index contributed by atoms with van der Waals surface area (Å²) in [5.41, 5.74) is -0.0564. The third-order valence-corrected chi connectivity index (χ3v) is 7.36. The molecule has 0 heterocycles. The highest BCUT2D eigenvalue weighted by Crippen LogP contribution is 2.60. The quantitative estimate of drug-likeness (QED) is 0.723. The fourth-order valence-corrected chi connectivity index (χ4v) is 6.57. The molecule has 4 bridgehead atoms. The smallest absolute Gasteiger partial charge is 0.226 e. The van der Waals surface area contributed by atoms with Gasteiger partial charge < -0.3 is 10.6 Å². The van der Waals surface area contributed by atoms with Crippen molar-refractivity contribution in [3.63, 3.8) is 0 Å². The fraction of sp³-hybridized carbons (Fsp3) is 0.905. The Morgan fingerprint density at radius 2 is 1.48 bits per heavy atom. The van der Waals surface area contributed by atoms with Crippen molar-refractivity contribution in [2.24, 2.45) is 23.2 Å². The van der Waals surface area contributed by atoms with Crippen molar-refractivity contribution in [2.75, 3.05) is 6.54 Å². The van der Waals surface area contributed by atoms with Gasteiger partial charge in [-0.05, 0) is 75.5 Å². The molecule has 0 aromatic carbocycles. The zero-order valence-corrected chi connectivity index (χ0v) is 15.5. The van der Waals surface area contributed by atoms with E-state index in [2.05, 4.69) is 10.6 Å². The minimum atomic E-state index is -0.0564. The van der Waals surface area contributed by atoms with Crippen molar-refractivity contribution in [1.82, 2.24) is 10.6 Å². The molecule has 5 saturated carbocycles. The van der Waals surface area contributed by atoms with Crippen LogP contribution in [0.1, 0.15) is 83.5 Å². The van der Waals surface area contributed by atoms with E-state index in [1.54, 1.807) is 0 Å². The molecule has 5 rings (SSSR count). The summed E-state index contributed by atoms with van der Waals surface area (Å²) in [7, 11) is 0. The largest absolute Gasteiger partial charge is 0.356 e. The molecule has 0 radical (unpaired) electrons. The Bertz CT molecular complexity index is 475. The van der Waals surface area contributed by atoms with Crippen LogP contribution in [0.2, 0.25) is 0 Å². The second-order valence-corrected chi connectivity index (χ2v) is 9.46. The van der Waals surface area contributed by atoms with Crippen LogP contribution in [0.25, 0.3) is 0 Å². The summed E-state index contributed by atoms with van der Waals surface area (Å²) in [6, 6.07) is 0.392. The zero-order valence-electron chi connectivity index (χ0n) is 15.5. The maximum Gasteiger partial charge on any atom is 0.226 e. The lowest BCUT2D eigenvalue weighted by Crippen LogP contribution is -2.53. The van der Waals surface area contributed by atoms with Crippen LogP contribution in [0.3, 0.4) is 0 Å². The van der Waals surface area contributed by atoms with E-state index in [9.17, 15) is 9.59 Å². The molecular formula is C21H34N2O2. The molecule has 0 spiro atoms. The summed E-state index contributed by atoms with van der Waals surface area (Å²) in [6.45, 7) is 0.651.